The lowest BCUT2D eigenvalue weighted by atomic mass is 10.2. The van der Waals surface area contributed by atoms with E-state index in [9.17, 15) is 9.59 Å². The minimum Gasteiger partial charge on any atom is -0.333 e. The first-order chi connectivity index (χ1) is 13.1. The second kappa shape index (κ2) is 8.64. The van der Waals surface area contributed by atoms with Crippen LogP contribution in [0.5, 0.6) is 0 Å². The van der Waals surface area contributed by atoms with E-state index in [1.165, 1.54) is 16.8 Å². The van der Waals surface area contributed by atoms with E-state index in [0.717, 1.165) is 11.1 Å². The van der Waals surface area contributed by atoms with Gasteiger partial charge in [-0.2, -0.15) is 5.10 Å². The SMILES string of the molecule is CCN(Cc1ccccc1Cl)C(=O)c1ccc(=O)n(Cc2ccccc2)n1. The summed E-state index contributed by atoms with van der Waals surface area (Å²) in [7, 11) is 0. The number of hydrogen-bond donors (Lipinski definition) is 0. The van der Waals surface area contributed by atoms with Gasteiger partial charge in [-0.05, 0) is 30.2 Å². The molecule has 0 saturated carbocycles. The molecule has 0 aliphatic heterocycles. The van der Waals surface area contributed by atoms with Gasteiger partial charge in [-0.3, -0.25) is 9.59 Å². The van der Waals surface area contributed by atoms with Gasteiger partial charge >= 0.3 is 0 Å². The van der Waals surface area contributed by atoms with Crippen LogP contribution in [-0.4, -0.2) is 27.1 Å². The number of benzene rings is 2. The molecule has 1 amide bonds. The Morgan fingerprint density at radius 3 is 2.44 bits per heavy atom. The largest absolute Gasteiger partial charge is 0.333 e. The van der Waals surface area contributed by atoms with Crippen LogP contribution in [0.2, 0.25) is 5.02 Å². The highest BCUT2D eigenvalue weighted by Crippen LogP contribution is 2.17. The molecule has 0 fully saturated rings. The molecule has 0 radical (unpaired) electrons. The van der Waals surface area contributed by atoms with Crippen molar-refractivity contribution in [2.45, 2.75) is 20.0 Å². The molecule has 138 valence electrons. The number of aromatic nitrogens is 2. The molecule has 6 heteroatoms. The van der Waals surface area contributed by atoms with Crippen molar-refractivity contribution in [1.82, 2.24) is 14.7 Å². The molecule has 27 heavy (non-hydrogen) atoms. The van der Waals surface area contributed by atoms with Crippen molar-refractivity contribution in [3.05, 3.63) is 98.9 Å². The quantitative estimate of drug-likeness (QED) is 0.655. The zero-order valence-corrected chi connectivity index (χ0v) is 15.8. The summed E-state index contributed by atoms with van der Waals surface area (Å²) in [4.78, 5) is 26.7. The lowest BCUT2D eigenvalue weighted by Gasteiger charge is -2.21. The van der Waals surface area contributed by atoms with Gasteiger partial charge < -0.3 is 4.90 Å². The van der Waals surface area contributed by atoms with E-state index in [0.29, 0.717) is 24.7 Å². The highest BCUT2D eigenvalue weighted by molar-refractivity contribution is 6.31. The summed E-state index contributed by atoms with van der Waals surface area (Å²) in [5, 5.41) is 4.90. The Hall–Kier alpha value is -2.92. The maximum atomic E-state index is 12.9. The van der Waals surface area contributed by atoms with E-state index in [1.807, 2.05) is 55.5 Å². The third kappa shape index (κ3) is 4.63. The van der Waals surface area contributed by atoms with Gasteiger partial charge in [-0.15, -0.1) is 0 Å². The van der Waals surface area contributed by atoms with E-state index in [-0.39, 0.29) is 17.2 Å². The fraction of sp³-hybridized carbons (Fsp3) is 0.190. The molecule has 0 N–H and O–H groups in total. The number of hydrogen-bond acceptors (Lipinski definition) is 3. The van der Waals surface area contributed by atoms with Crippen LogP contribution in [0.25, 0.3) is 0 Å². The van der Waals surface area contributed by atoms with Crippen molar-refractivity contribution in [2.75, 3.05) is 6.54 Å². The van der Waals surface area contributed by atoms with Crippen LogP contribution in [0.15, 0.2) is 71.5 Å². The standard InChI is InChI=1S/C21H20ClN3O2/c1-2-24(15-17-10-6-7-11-18(17)22)21(27)19-12-13-20(26)25(23-19)14-16-8-4-3-5-9-16/h3-13H,2,14-15H2,1H3. The number of carbonyl (C=O) groups excluding carboxylic acids is 1. The Kier molecular flexibility index (Phi) is 6.04. The zero-order valence-electron chi connectivity index (χ0n) is 15.0. The Balaban J connectivity index is 1.84. The highest BCUT2D eigenvalue weighted by Gasteiger charge is 2.18. The Bertz CT molecular complexity index is 986. The van der Waals surface area contributed by atoms with Crippen molar-refractivity contribution in [2.24, 2.45) is 0 Å². The lowest BCUT2D eigenvalue weighted by molar-refractivity contribution is 0.0744. The van der Waals surface area contributed by atoms with Gasteiger partial charge in [-0.25, -0.2) is 4.68 Å². The normalized spacial score (nSPS) is 10.6. The number of carbonyl (C=O) groups is 1. The molecule has 0 bridgehead atoms. The summed E-state index contributed by atoms with van der Waals surface area (Å²) in [6.45, 7) is 3.10. The van der Waals surface area contributed by atoms with Gasteiger partial charge in [0.2, 0.25) is 0 Å². The topological polar surface area (TPSA) is 55.2 Å². The minimum atomic E-state index is -0.246. The predicted octanol–water partition coefficient (Wildman–Crippen LogP) is 3.61. The Morgan fingerprint density at radius 1 is 1.04 bits per heavy atom. The molecular weight excluding hydrogens is 362 g/mol. The summed E-state index contributed by atoms with van der Waals surface area (Å²) in [5.74, 6) is -0.237. The van der Waals surface area contributed by atoms with Gasteiger partial charge in [0.15, 0.2) is 0 Å². The predicted molar refractivity (Wildman–Crippen MR) is 106 cm³/mol. The first-order valence-corrected chi connectivity index (χ1v) is 9.11. The fourth-order valence-electron chi connectivity index (χ4n) is 2.75. The first-order valence-electron chi connectivity index (χ1n) is 8.73. The van der Waals surface area contributed by atoms with E-state index in [2.05, 4.69) is 5.10 Å². The molecule has 3 rings (SSSR count). The van der Waals surface area contributed by atoms with Crippen LogP contribution in [-0.2, 0) is 13.1 Å². The summed E-state index contributed by atoms with van der Waals surface area (Å²) in [6.07, 6.45) is 0. The van der Waals surface area contributed by atoms with Gasteiger partial charge in [0.25, 0.3) is 11.5 Å². The lowest BCUT2D eigenvalue weighted by Crippen LogP contribution is -2.33. The molecule has 0 aliphatic rings. The number of nitrogens with zero attached hydrogens (tertiary/aromatic N) is 3. The van der Waals surface area contributed by atoms with Crippen LogP contribution in [0.1, 0.15) is 28.5 Å². The van der Waals surface area contributed by atoms with Crippen LogP contribution < -0.4 is 5.56 Å². The van der Waals surface area contributed by atoms with E-state index in [4.69, 9.17) is 11.6 Å². The monoisotopic (exact) mass is 381 g/mol. The fourth-order valence-corrected chi connectivity index (χ4v) is 2.95. The molecule has 2 aromatic carbocycles. The minimum absolute atomic E-state index is 0.236. The summed E-state index contributed by atoms with van der Waals surface area (Å²) >= 11 is 6.21. The molecule has 1 heterocycles. The summed E-state index contributed by atoms with van der Waals surface area (Å²) in [5.41, 5.74) is 1.80. The average molecular weight is 382 g/mol. The van der Waals surface area contributed by atoms with Gasteiger partial charge in [-0.1, -0.05) is 60.1 Å². The summed E-state index contributed by atoms with van der Waals surface area (Å²) in [6, 6.07) is 19.8. The molecule has 3 aromatic rings. The third-order valence-electron chi connectivity index (χ3n) is 4.25. The number of halogens is 1. The highest BCUT2D eigenvalue weighted by atomic mass is 35.5. The van der Waals surface area contributed by atoms with Crippen molar-refractivity contribution in [3.63, 3.8) is 0 Å². The van der Waals surface area contributed by atoms with Gasteiger partial charge in [0.05, 0.1) is 6.54 Å². The maximum absolute atomic E-state index is 12.9. The maximum Gasteiger partial charge on any atom is 0.274 e. The van der Waals surface area contributed by atoms with Crippen LogP contribution in [0.3, 0.4) is 0 Å². The van der Waals surface area contributed by atoms with Crippen molar-refractivity contribution in [1.29, 1.82) is 0 Å². The van der Waals surface area contributed by atoms with Gasteiger partial charge in [0.1, 0.15) is 5.69 Å². The Morgan fingerprint density at radius 2 is 1.74 bits per heavy atom. The first kappa shape index (κ1) is 18.9. The van der Waals surface area contributed by atoms with Crippen molar-refractivity contribution < 1.29 is 4.79 Å². The van der Waals surface area contributed by atoms with Gasteiger partial charge in [0, 0.05) is 24.2 Å². The molecule has 5 nitrogen and oxygen atoms in total. The van der Waals surface area contributed by atoms with Crippen LogP contribution in [0, 0.1) is 0 Å². The smallest absolute Gasteiger partial charge is 0.274 e. The number of rotatable bonds is 6. The van der Waals surface area contributed by atoms with Crippen molar-refractivity contribution >= 4 is 17.5 Å². The summed E-state index contributed by atoms with van der Waals surface area (Å²) < 4.78 is 1.31. The molecule has 0 saturated heterocycles. The van der Waals surface area contributed by atoms with E-state index < -0.39 is 0 Å². The van der Waals surface area contributed by atoms with Crippen LogP contribution >= 0.6 is 11.6 Å². The molecule has 0 aliphatic carbocycles. The molecule has 0 unspecified atom stereocenters. The molecule has 1 aromatic heterocycles. The van der Waals surface area contributed by atoms with E-state index >= 15 is 0 Å². The molecular formula is C21H20ClN3O2. The van der Waals surface area contributed by atoms with Crippen molar-refractivity contribution in [3.8, 4) is 0 Å². The van der Waals surface area contributed by atoms with E-state index in [1.54, 1.807) is 11.0 Å². The second-order valence-electron chi connectivity index (χ2n) is 6.11. The van der Waals surface area contributed by atoms with Crippen LogP contribution in [0.4, 0.5) is 0 Å². The zero-order chi connectivity index (χ0) is 19.2. The molecule has 0 spiro atoms. The average Bonchev–Trinajstić information content (AvgIpc) is 2.69. The third-order valence-corrected chi connectivity index (χ3v) is 4.62. The second-order valence-corrected chi connectivity index (χ2v) is 6.52. The molecule has 0 atom stereocenters. The number of amides is 1. The Labute approximate surface area is 162 Å².